The molecular weight excluding hydrogens is 210 g/mol. The third-order valence-corrected chi connectivity index (χ3v) is 3.78. The van der Waals surface area contributed by atoms with E-state index < -0.39 is 0 Å². The molecule has 0 saturated heterocycles. The lowest BCUT2D eigenvalue weighted by molar-refractivity contribution is -0.132. The first-order chi connectivity index (χ1) is 8.12. The third kappa shape index (κ3) is 3.85. The molecular formula is C15H27NO. The summed E-state index contributed by atoms with van der Waals surface area (Å²) < 4.78 is 0. The minimum absolute atomic E-state index is 0.266. The third-order valence-electron chi connectivity index (χ3n) is 3.78. The van der Waals surface area contributed by atoms with Gasteiger partial charge < -0.3 is 0 Å². The van der Waals surface area contributed by atoms with Crippen molar-refractivity contribution in [2.24, 2.45) is 0 Å². The standard InChI is InChI=1S/C15H27NO/c1-6-11-12-13-14(17)15(7-2,8-3)16(9-4)10-5/h1H,7-13H2,2-5H3. The lowest BCUT2D eigenvalue weighted by Crippen LogP contribution is -2.53. The van der Waals surface area contributed by atoms with Gasteiger partial charge in [0.2, 0.25) is 0 Å². The van der Waals surface area contributed by atoms with Gasteiger partial charge in [-0.15, -0.1) is 12.3 Å². The van der Waals surface area contributed by atoms with Gasteiger partial charge in [0.25, 0.3) is 0 Å². The van der Waals surface area contributed by atoms with Crippen LogP contribution in [0, 0.1) is 12.3 Å². The van der Waals surface area contributed by atoms with Crippen LogP contribution >= 0.6 is 0 Å². The molecule has 0 aliphatic carbocycles. The first kappa shape index (κ1) is 16.2. The Labute approximate surface area is 107 Å². The molecule has 0 aliphatic heterocycles. The maximum atomic E-state index is 12.5. The molecule has 0 saturated carbocycles. The maximum absolute atomic E-state index is 12.5. The van der Waals surface area contributed by atoms with Gasteiger partial charge in [-0.05, 0) is 32.4 Å². The quantitative estimate of drug-likeness (QED) is 0.453. The van der Waals surface area contributed by atoms with Crippen molar-refractivity contribution >= 4 is 5.78 Å². The fourth-order valence-corrected chi connectivity index (χ4v) is 2.68. The van der Waals surface area contributed by atoms with Crippen molar-refractivity contribution in [1.29, 1.82) is 0 Å². The van der Waals surface area contributed by atoms with Crippen molar-refractivity contribution in [2.45, 2.75) is 65.3 Å². The fraction of sp³-hybridized carbons (Fsp3) is 0.800. The van der Waals surface area contributed by atoms with Gasteiger partial charge in [0.1, 0.15) is 0 Å². The van der Waals surface area contributed by atoms with E-state index in [4.69, 9.17) is 6.42 Å². The van der Waals surface area contributed by atoms with Gasteiger partial charge in [0.05, 0.1) is 5.54 Å². The highest BCUT2D eigenvalue weighted by atomic mass is 16.1. The van der Waals surface area contributed by atoms with Crippen molar-refractivity contribution < 1.29 is 4.79 Å². The zero-order valence-electron chi connectivity index (χ0n) is 11.9. The Kier molecular flexibility index (Phi) is 7.91. The molecule has 2 heteroatoms. The number of rotatable bonds is 9. The molecule has 0 aromatic carbocycles. The number of Topliss-reactive ketones (excluding diaryl/α,β-unsaturated/α-hetero) is 1. The van der Waals surface area contributed by atoms with Gasteiger partial charge in [-0.25, -0.2) is 0 Å². The van der Waals surface area contributed by atoms with Crippen LogP contribution in [0.4, 0.5) is 0 Å². The van der Waals surface area contributed by atoms with Crippen LogP contribution in [0.3, 0.4) is 0 Å². The maximum Gasteiger partial charge on any atom is 0.153 e. The second-order valence-corrected chi connectivity index (χ2v) is 4.39. The molecule has 0 aromatic rings. The van der Waals surface area contributed by atoms with Gasteiger partial charge in [0.15, 0.2) is 5.78 Å². The molecule has 0 radical (unpaired) electrons. The minimum Gasteiger partial charge on any atom is -0.298 e. The normalized spacial score (nSPS) is 11.5. The molecule has 0 spiro atoms. The second kappa shape index (κ2) is 8.31. The SMILES string of the molecule is C#CCCCC(=O)C(CC)(CC)N(CC)CC. The van der Waals surface area contributed by atoms with Gasteiger partial charge in [0, 0.05) is 12.8 Å². The van der Waals surface area contributed by atoms with E-state index in [1.807, 2.05) is 0 Å². The Morgan fingerprint density at radius 1 is 1.18 bits per heavy atom. The summed E-state index contributed by atoms with van der Waals surface area (Å²) in [6.07, 6.45) is 9.14. The molecule has 0 fully saturated rings. The van der Waals surface area contributed by atoms with E-state index in [1.54, 1.807) is 0 Å². The zero-order chi connectivity index (χ0) is 13.3. The Balaban J connectivity index is 4.80. The Morgan fingerprint density at radius 2 is 1.71 bits per heavy atom. The summed E-state index contributed by atoms with van der Waals surface area (Å²) in [7, 11) is 0. The van der Waals surface area contributed by atoms with E-state index in [-0.39, 0.29) is 5.54 Å². The number of hydrogen-bond acceptors (Lipinski definition) is 2. The Morgan fingerprint density at radius 3 is 2.06 bits per heavy atom. The van der Waals surface area contributed by atoms with Crippen molar-refractivity contribution in [3.8, 4) is 12.3 Å². The summed E-state index contributed by atoms with van der Waals surface area (Å²) in [5, 5.41) is 0. The Bertz CT molecular complexity index is 257. The summed E-state index contributed by atoms with van der Waals surface area (Å²) in [5.41, 5.74) is -0.266. The van der Waals surface area contributed by atoms with Crippen LogP contribution in [-0.2, 0) is 4.79 Å². The van der Waals surface area contributed by atoms with Crippen LogP contribution in [-0.4, -0.2) is 29.3 Å². The molecule has 2 nitrogen and oxygen atoms in total. The molecule has 0 N–H and O–H groups in total. The number of unbranched alkanes of at least 4 members (excludes halogenated alkanes) is 1. The fourth-order valence-electron chi connectivity index (χ4n) is 2.68. The number of carbonyl (C=O) groups is 1. The lowest BCUT2D eigenvalue weighted by Gasteiger charge is -2.41. The number of nitrogens with zero attached hydrogens (tertiary/aromatic N) is 1. The van der Waals surface area contributed by atoms with Crippen LogP contribution < -0.4 is 0 Å². The predicted octanol–water partition coefficient (Wildman–Crippen LogP) is 3.26. The van der Waals surface area contributed by atoms with Crippen molar-refractivity contribution in [3.05, 3.63) is 0 Å². The number of carbonyl (C=O) groups excluding carboxylic acids is 1. The number of likely N-dealkylation sites (N-methyl/N-ethyl adjacent to an activating group) is 1. The first-order valence-corrected chi connectivity index (χ1v) is 6.84. The molecule has 0 heterocycles. The van der Waals surface area contributed by atoms with Crippen molar-refractivity contribution in [2.75, 3.05) is 13.1 Å². The van der Waals surface area contributed by atoms with Crippen LogP contribution in [0.1, 0.15) is 59.8 Å². The molecule has 0 bridgehead atoms. The largest absolute Gasteiger partial charge is 0.298 e. The van der Waals surface area contributed by atoms with E-state index in [0.29, 0.717) is 18.6 Å². The van der Waals surface area contributed by atoms with E-state index in [9.17, 15) is 4.79 Å². The highest BCUT2D eigenvalue weighted by Gasteiger charge is 2.38. The molecule has 0 amide bonds. The lowest BCUT2D eigenvalue weighted by atomic mass is 9.83. The number of ketones is 1. The van der Waals surface area contributed by atoms with Crippen LogP contribution in [0.5, 0.6) is 0 Å². The van der Waals surface area contributed by atoms with E-state index >= 15 is 0 Å². The molecule has 0 rings (SSSR count). The van der Waals surface area contributed by atoms with Crippen LogP contribution in [0.15, 0.2) is 0 Å². The summed E-state index contributed by atoms with van der Waals surface area (Å²) in [5.74, 6) is 2.96. The van der Waals surface area contributed by atoms with Crippen molar-refractivity contribution in [1.82, 2.24) is 4.90 Å². The van der Waals surface area contributed by atoms with Crippen LogP contribution in [0.2, 0.25) is 0 Å². The molecule has 0 aromatic heterocycles. The second-order valence-electron chi connectivity index (χ2n) is 4.39. The molecule has 98 valence electrons. The van der Waals surface area contributed by atoms with E-state index in [2.05, 4.69) is 38.5 Å². The van der Waals surface area contributed by atoms with E-state index in [0.717, 1.165) is 32.4 Å². The smallest absolute Gasteiger partial charge is 0.153 e. The van der Waals surface area contributed by atoms with Gasteiger partial charge >= 0.3 is 0 Å². The average molecular weight is 237 g/mol. The number of hydrogen-bond donors (Lipinski definition) is 0. The first-order valence-electron chi connectivity index (χ1n) is 6.84. The zero-order valence-corrected chi connectivity index (χ0v) is 11.9. The molecule has 17 heavy (non-hydrogen) atoms. The van der Waals surface area contributed by atoms with Crippen molar-refractivity contribution in [3.63, 3.8) is 0 Å². The summed E-state index contributed by atoms with van der Waals surface area (Å²) in [6.45, 7) is 10.3. The Hall–Kier alpha value is -0.810. The topological polar surface area (TPSA) is 20.3 Å². The summed E-state index contributed by atoms with van der Waals surface area (Å²) >= 11 is 0. The van der Waals surface area contributed by atoms with Gasteiger partial charge in [-0.3, -0.25) is 9.69 Å². The van der Waals surface area contributed by atoms with Crippen LogP contribution in [0.25, 0.3) is 0 Å². The number of terminal acetylenes is 1. The molecule has 0 unspecified atom stereocenters. The average Bonchev–Trinajstić information content (AvgIpc) is 2.36. The van der Waals surface area contributed by atoms with Gasteiger partial charge in [-0.1, -0.05) is 27.7 Å². The summed E-state index contributed by atoms with van der Waals surface area (Å²) in [6, 6.07) is 0. The highest BCUT2D eigenvalue weighted by Crippen LogP contribution is 2.27. The minimum atomic E-state index is -0.266. The molecule has 0 atom stereocenters. The predicted molar refractivity (Wildman–Crippen MR) is 73.9 cm³/mol. The van der Waals surface area contributed by atoms with Gasteiger partial charge in [-0.2, -0.15) is 0 Å². The monoisotopic (exact) mass is 237 g/mol. The molecule has 0 aliphatic rings. The van der Waals surface area contributed by atoms with E-state index in [1.165, 1.54) is 0 Å². The summed E-state index contributed by atoms with van der Waals surface area (Å²) in [4.78, 5) is 14.7. The highest BCUT2D eigenvalue weighted by molar-refractivity contribution is 5.88.